The summed E-state index contributed by atoms with van der Waals surface area (Å²) < 4.78 is 36.5. The Morgan fingerprint density at radius 3 is 2.50 bits per heavy atom. The number of benzene rings is 1. The molecule has 0 amide bonds. The molecule has 0 aliphatic rings. The van der Waals surface area contributed by atoms with E-state index in [1.807, 2.05) is 20.8 Å². The zero-order valence-electron chi connectivity index (χ0n) is 12.1. The molecule has 0 radical (unpaired) electrons. The Kier molecular flexibility index (Phi) is 4.75. The quantitative estimate of drug-likeness (QED) is 0.502. The van der Waals surface area contributed by atoms with Gasteiger partial charge in [0.25, 0.3) is 0 Å². The van der Waals surface area contributed by atoms with E-state index < -0.39 is 15.7 Å². The van der Waals surface area contributed by atoms with Gasteiger partial charge in [0.05, 0.1) is 11.4 Å². The molecule has 0 saturated carbocycles. The van der Waals surface area contributed by atoms with E-state index in [1.54, 1.807) is 0 Å². The minimum absolute atomic E-state index is 0.0237. The summed E-state index contributed by atoms with van der Waals surface area (Å²) in [5, 5.41) is 2.94. The number of halogens is 1. The molecule has 0 unspecified atom stereocenters. The van der Waals surface area contributed by atoms with Crippen LogP contribution < -0.4 is 11.1 Å². The summed E-state index contributed by atoms with van der Waals surface area (Å²) in [5.74, 6) is -0.327. The molecule has 5 nitrogen and oxygen atoms in total. The topological polar surface area (TPSA) is 84.5 Å². The molecule has 3 N–H and O–H groups in total. The normalized spacial score (nSPS) is 13.3. The number of sulfone groups is 1. The number of nitrogens with one attached hydrogen (secondary N) is 1. The summed E-state index contributed by atoms with van der Waals surface area (Å²) in [6.45, 7) is 5.73. The molecule has 0 aromatic heterocycles. The first kappa shape index (κ1) is 16.4. The number of nitrogens with zero attached hydrogens (tertiary/aromatic N) is 1. The summed E-state index contributed by atoms with van der Waals surface area (Å²) in [4.78, 5) is 4.07. The third-order valence-corrected chi connectivity index (χ3v) is 3.48. The lowest BCUT2D eigenvalue weighted by Gasteiger charge is -2.21. The summed E-state index contributed by atoms with van der Waals surface area (Å²) >= 11 is 0. The summed E-state index contributed by atoms with van der Waals surface area (Å²) in [7, 11) is -3.37. The SMILES string of the molecule is CC(C)(C)NC(N)=NCc1cc(S(C)(=O)=O)ccc1F. The van der Waals surface area contributed by atoms with Crippen molar-refractivity contribution >= 4 is 15.8 Å². The second-order valence-electron chi connectivity index (χ2n) is 5.60. The van der Waals surface area contributed by atoms with Crippen LogP contribution in [0.5, 0.6) is 0 Å². The van der Waals surface area contributed by atoms with Crippen LogP contribution in [0, 0.1) is 5.82 Å². The number of nitrogens with two attached hydrogens (primary N) is 1. The lowest BCUT2D eigenvalue weighted by molar-refractivity contribution is 0.508. The molecule has 0 fully saturated rings. The standard InChI is InChI=1S/C13H20FN3O2S/c1-13(2,3)17-12(15)16-8-9-7-10(20(4,18)19)5-6-11(9)14/h5-7H,8H2,1-4H3,(H3,15,16,17). The van der Waals surface area contributed by atoms with E-state index in [0.717, 1.165) is 12.3 Å². The van der Waals surface area contributed by atoms with Gasteiger partial charge in [-0.05, 0) is 39.0 Å². The first-order valence-corrected chi connectivity index (χ1v) is 7.95. The van der Waals surface area contributed by atoms with Crippen LogP contribution in [-0.2, 0) is 16.4 Å². The highest BCUT2D eigenvalue weighted by Crippen LogP contribution is 2.16. The highest BCUT2D eigenvalue weighted by atomic mass is 32.2. The summed E-state index contributed by atoms with van der Waals surface area (Å²) in [6, 6.07) is 3.63. The van der Waals surface area contributed by atoms with Gasteiger partial charge in [-0.25, -0.2) is 17.8 Å². The van der Waals surface area contributed by atoms with Crippen molar-refractivity contribution in [2.24, 2.45) is 10.7 Å². The average molecular weight is 301 g/mol. The predicted molar refractivity (Wildman–Crippen MR) is 77.7 cm³/mol. The van der Waals surface area contributed by atoms with Crippen molar-refractivity contribution in [1.82, 2.24) is 5.32 Å². The Labute approximate surface area is 119 Å². The van der Waals surface area contributed by atoms with Gasteiger partial charge in [0.15, 0.2) is 15.8 Å². The molecule has 0 atom stereocenters. The minimum atomic E-state index is -3.37. The lowest BCUT2D eigenvalue weighted by Crippen LogP contribution is -2.45. The Balaban J connectivity index is 2.96. The number of aliphatic imine (C=N–C) groups is 1. The van der Waals surface area contributed by atoms with Crippen LogP contribution >= 0.6 is 0 Å². The molecular formula is C13H20FN3O2S. The van der Waals surface area contributed by atoms with Crippen LogP contribution in [0.3, 0.4) is 0 Å². The van der Waals surface area contributed by atoms with Gasteiger partial charge >= 0.3 is 0 Å². The van der Waals surface area contributed by atoms with Crippen molar-refractivity contribution in [3.63, 3.8) is 0 Å². The van der Waals surface area contributed by atoms with E-state index in [0.29, 0.717) is 0 Å². The Morgan fingerprint density at radius 2 is 2.00 bits per heavy atom. The van der Waals surface area contributed by atoms with E-state index in [9.17, 15) is 12.8 Å². The molecule has 7 heteroatoms. The number of hydrogen-bond donors (Lipinski definition) is 2. The van der Waals surface area contributed by atoms with Gasteiger partial charge in [0, 0.05) is 17.4 Å². The van der Waals surface area contributed by atoms with E-state index >= 15 is 0 Å². The van der Waals surface area contributed by atoms with E-state index in [4.69, 9.17) is 5.73 Å². The lowest BCUT2D eigenvalue weighted by atomic mass is 10.1. The molecule has 20 heavy (non-hydrogen) atoms. The maximum Gasteiger partial charge on any atom is 0.189 e. The van der Waals surface area contributed by atoms with Crippen molar-refractivity contribution in [2.45, 2.75) is 37.8 Å². The monoisotopic (exact) mass is 301 g/mol. The molecule has 1 aromatic rings. The Hall–Kier alpha value is -1.63. The number of guanidine groups is 1. The zero-order valence-corrected chi connectivity index (χ0v) is 12.9. The van der Waals surface area contributed by atoms with Gasteiger partial charge in [-0.2, -0.15) is 0 Å². The van der Waals surface area contributed by atoms with Crippen molar-refractivity contribution in [3.8, 4) is 0 Å². The van der Waals surface area contributed by atoms with Crippen molar-refractivity contribution < 1.29 is 12.8 Å². The second-order valence-corrected chi connectivity index (χ2v) is 7.62. The van der Waals surface area contributed by atoms with Gasteiger partial charge in [-0.3, -0.25) is 0 Å². The highest BCUT2D eigenvalue weighted by molar-refractivity contribution is 7.90. The van der Waals surface area contributed by atoms with Crippen molar-refractivity contribution in [3.05, 3.63) is 29.6 Å². The van der Waals surface area contributed by atoms with Crippen LogP contribution in [0.15, 0.2) is 28.1 Å². The summed E-state index contributed by atoms with van der Waals surface area (Å²) in [5.41, 5.74) is 5.62. The van der Waals surface area contributed by atoms with Crippen LogP contribution in [0.2, 0.25) is 0 Å². The third-order valence-electron chi connectivity index (χ3n) is 2.37. The van der Waals surface area contributed by atoms with Crippen LogP contribution in [0.1, 0.15) is 26.3 Å². The first-order valence-electron chi connectivity index (χ1n) is 6.05. The molecular weight excluding hydrogens is 281 g/mol. The predicted octanol–water partition coefficient (Wildman–Crippen LogP) is 1.43. The van der Waals surface area contributed by atoms with E-state index in [2.05, 4.69) is 10.3 Å². The first-order chi connectivity index (χ1) is 8.99. The van der Waals surface area contributed by atoms with Gasteiger partial charge in [-0.1, -0.05) is 0 Å². The molecule has 0 saturated heterocycles. The fraction of sp³-hybridized carbons (Fsp3) is 0.462. The second kappa shape index (κ2) is 5.78. The van der Waals surface area contributed by atoms with Crippen molar-refractivity contribution in [2.75, 3.05) is 6.26 Å². The maximum atomic E-state index is 13.6. The van der Waals surface area contributed by atoms with Crippen LogP contribution in [0.4, 0.5) is 4.39 Å². The Bertz CT molecular complexity index is 619. The van der Waals surface area contributed by atoms with Gasteiger partial charge in [-0.15, -0.1) is 0 Å². The molecule has 1 rings (SSSR count). The van der Waals surface area contributed by atoms with E-state index in [1.165, 1.54) is 12.1 Å². The molecule has 0 spiro atoms. The molecule has 0 bridgehead atoms. The number of hydrogen-bond acceptors (Lipinski definition) is 3. The third kappa shape index (κ3) is 5.16. The van der Waals surface area contributed by atoms with Gasteiger partial charge in [0.1, 0.15) is 5.82 Å². The number of rotatable bonds is 3. The van der Waals surface area contributed by atoms with Crippen LogP contribution in [0.25, 0.3) is 0 Å². The summed E-state index contributed by atoms with van der Waals surface area (Å²) in [6.07, 6.45) is 1.07. The fourth-order valence-corrected chi connectivity index (χ4v) is 2.17. The molecule has 1 aromatic carbocycles. The average Bonchev–Trinajstić information content (AvgIpc) is 2.24. The van der Waals surface area contributed by atoms with E-state index in [-0.39, 0.29) is 28.5 Å². The molecule has 112 valence electrons. The van der Waals surface area contributed by atoms with Gasteiger partial charge in [0.2, 0.25) is 0 Å². The van der Waals surface area contributed by atoms with Crippen molar-refractivity contribution in [1.29, 1.82) is 0 Å². The Morgan fingerprint density at radius 1 is 1.40 bits per heavy atom. The molecule has 0 aliphatic heterocycles. The smallest absolute Gasteiger partial charge is 0.189 e. The maximum absolute atomic E-state index is 13.6. The molecule has 0 heterocycles. The zero-order chi connectivity index (χ0) is 15.6. The minimum Gasteiger partial charge on any atom is -0.370 e. The highest BCUT2D eigenvalue weighted by Gasteiger charge is 2.12. The van der Waals surface area contributed by atoms with Gasteiger partial charge < -0.3 is 11.1 Å². The fourth-order valence-electron chi connectivity index (χ4n) is 1.50. The molecule has 0 aliphatic carbocycles. The van der Waals surface area contributed by atoms with Crippen LogP contribution in [-0.4, -0.2) is 26.2 Å². The largest absolute Gasteiger partial charge is 0.370 e.